The van der Waals surface area contributed by atoms with Crippen molar-refractivity contribution in [2.45, 2.75) is 17.2 Å². The summed E-state index contributed by atoms with van der Waals surface area (Å²) in [4.78, 5) is 0.485. The predicted octanol–water partition coefficient (Wildman–Crippen LogP) is 5.76. The third-order valence-corrected chi connectivity index (χ3v) is 4.70. The molecule has 0 N–H and O–H groups in total. The first-order chi connectivity index (χ1) is 13.8. The summed E-state index contributed by atoms with van der Waals surface area (Å²) in [5, 5.41) is 5.33. The van der Waals surface area contributed by atoms with Crippen molar-refractivity contribution in [1.82, 2.24) is 5.01 Å². The van der Waals surface area contributed by atoms with E-state index >= 15 is 0 Å². The van der Waals surface area contributed by atoms with Crippen molar-refractivity contribution in [3.8, 4) is 11.5 Å². The number of benzene rings is 2. The van der Waals surface area contributed by atoms with Crippen LogP contribution in [0.5, 0.6) is 11.5 Å². The van der Waals surface area contributed by atoms with Crippen LogP contribution in [-0.4, -0.2) is 38.4 Å². The lowest BCUT2D eigenvalue weighted by atomic mass is 10.1. The maximum atomic E-state index is 13.2. The summed E-state index contributed by atoms with van der Waals surface area (Å²) >= 11 is 0.896. The Bertz CT molecular complexity index is 894. The molecule has 2 aromatic carbocycles. The highest BCUT2D eigenvalue weighted by atomic mass is 32.2. The van der Waals surface area contributed by atoms with Gasteiger partial charge in [0.15, 0.2) is 11.5 Å². The molecule has 2 rings (SSSR count). The minimum atomic E-state index is -4.95. The molecule has 164 valence electrons. The van der Waals surface area contributed by atoms with Gasteiger partial charge in [-0.2, -0.15) is 31.4 Å². The van der Waals surface area contributed by atoms with Crippen LogP contribution in [0.4, 0.5) is 26.3 Å². The van der Waals surface area contributed by atoms with Crippen molar-refractivity contribution in [2.75, 3.05) is 28.3 Å². The van der Waals surface area contributed by atoms with Crippen molar-refractivity contribution < 1.29 is 35.8 Å². The number of methoxy groups -OCH3 is 2. The van der Waals surface area contributed by atoms with Crippen molar-refractivity contribution in [3.63, 3.8) is 0 Å². The molecule has 11 heteroatoms. The molecular weight excluding hydrogens is 434 g/mol. The Labute approximate surface area is 173 Å². The third kappa shape index (κ3) is 5.97. The summed E-state index contributed by atoms with van der Waals surface area (Å²) in [6.45, 7) is 0. The first kappa shape index (κ1) is 23.7. The molecule has 0 aliphatic heterocycles. The van der Waals surface area contributed by atoms with Gasteiger partial charge in [-0.3, -0.25) is 0 Å². The highest BCUT2D eigenvalue weighted by Crippen LogP contribution is 2.39. The lowest BCUT2D eigenvalue weighted by molar-refractivity contribution is -0.143. The van der Waals surface area contributed by atoms with Crippen LogP contribution in [0.1, 0.15) is 16.7 Å². The Morgan fingerprint density at radius 2 is 1.37 bits per heavy atom. The lowest BCUT2D eigenvalue weighted by Crippen LogP contribution is -2.14. The van der Waals surface area contributed by atoms with Gasteiger partial charge in [0, 0.05) is 24.6 Å². The van der Waals surface area contributed by atoms with Crippen LogP contribution in [0, 0.1) is 0 Å². The second kappa shape index (κ2) is 9.07. The minimum Gasteiger partial charge on any atom is -0.493 e. The zero-order valence-electron chi connectivity index (χ0n) is 16.4. The Balaban J connectivity index is 2.60. The maximum absolute atomic E-state index is 13.2. The molecule has 30 heavy (non-hydrogen) atoms. The number of thioether (sulfide) groups is 1. The molecule has 0 atom stereocenters. The van der Waals surface area contributed by atoms with E-state index in [2.05, 4.69) is 5.10 Å². The predicted molar refractivity (Wildman–Crippen MR) is 102 cm³/mol. The zero-order chi connectivity index (χ0) is 22.7. The van der Waals surface area contributed by atoms with Crippen molar-refractivity contribution in [2.24, 2.45) is 5.10 Å². The summed E-state index contributed by atoms with van der Waals surface area (Å²) in [5.41, 5.74) is -3.14. The van der Waals surface area contributed by atoms with E-state index in [9.17, 15) is 26.3 Å². The molecule has 0 spiro atoms. The number of halogens is 6. The third-order valence-electron chi connectivity index (χ3n) is 3.69. The molecule has 0 radical (unpaired) electrons. The maximum Gasteiger partial charge on any atom is 0.416 e. The van der Waals surface area contributed by atoms with E-state index in [1.165, 1.54) is 33.3 Å². The number of nitrogens with zero attached hydrogens (tertiary/aromatic N) is 2. The lowest BCUT2D eigenvalue weighted by Gasteiger charge is -2.17. The minimum absolute atomic E-state index is 0.0520. The quantitative estimate of drug-likeness (QED) is 0.190. The number of hydrogen-bond acceptors (Lipinski definition) is 5. The molecule has 4 nitrogen and oxygen atoms in total. The molecule has 0 fully saturated rings. The molecule has 0 heterocycles. The summed E-state index contributed by atoms with van der Waals surface area (Å²) in [6, 6.07) is 6.08. The van der Waals surface area contributed by atoms with Gasteiger partial charge < -0.3 is 14.5 Å². The van der Waals surface area contributed by atoms with Crippen LogP contribution in [0.2, 0.25) is 0 Å². The Morgan fingerprint density at radius 3 is 1.80 bits per heavy atom. The van der Waals surface area contributed by atoms with Crippen LogP contribution in [0.25, 0.3) is 0 Å². The molecule has 0 saturated heterocycles. The van der Waals surface area contributed by atoms with Crippen LogP contribution >= 0.6 is 11.8 Å². The van der Waals surface area contributed by atoms with Crippen molar-refractivity contribution in [3.05, 3.63) is 53.1 Å². The SMILES string of the molecule is COc1ccc(S/C(=N\N(C)C)c2cc(C(F)(F)F)cc(C(F)(F)F)c2)cc1OC. The molecule has 0 saturated carbocycles. The van der Waals surface area contributed by atoms with E-state index in [4.69, 9.17) is 9.47 Å². The van der Waals surface area contributed by atoms with Crippen molar-refractivity contribution >= 4 is 16.8 Å². The van der Waals surface area contributed by atoms with Gasteiger partial charge in [-0.1, -0.05) is 11.8 Å². The molecule has 0 amide bonds. The Morgan fingerprint density at radius 1 is 0.833 bits per heavy atom. The van der Waals surface area contributed by atoms with E-state index in [1.54, 1.807) is 18.2 Å². The summed E-state index contributed by atoms with van der Waals surface area (Å²) in [7, 11) is 5.86. The van der Waals surface area contributed by atoms with Crippen molar-refractivity contribution in [1.29, 1.82) is 0 Å². The fourth-order valence-corrected chi connectivity index (χ4v) is 3.35. The molecule has 0 aliphatic rings. The van der Waals surface area contributed by atoms with Gasteiger partial charge in [-0.05, 0) is 36.4 Å². The second-order valence-corrected chi connectivity index (χ2v) is 7.23. The normalized spacial score (nSPS) is 12.7. The Hall–Kier alpha value is -2.56. The second-order valence-electron chi connectivity index (χ2n) is 6.17. The summed E-state index contributed by atoms with van der Waals surface area (Å²) in [6.07, 6.45) is -9.90. The molecule has 0 unspecified atom stereocenters. The zero-order valence-corrected chi connectivity index (χ0v) is 17.2. The van der Waals surface area contributed by atoms with E-state index in [0.29, 0.717) is 28.5 Å². The smallest absolute Gasteiger partial charge is 0.416 e. The number of alkyl halides is 6. The van der Waals surface area contributed by atoms with E-state index < -0.39 is 23.5 Å². The largest absolute Gasteiger partial charge is 0.493 e. The summed E-state index contributed by atoms with van der Waals surface area (Å²) in [5.74, 6) is 0.776. The molecular formula is C19H18F6N2O2S. The number of rotatable bonds is 5. The fourth-order valence-electron chi connectivity index (χ4n) is 2.39. The van der Waals surface area contributed by atoms with Gasteiger partial charge in [0.05, 0.1) is 25.3 Å². The summed E-state index contributed by atoms with van der Waals surface area (Å²) < 4.78 is 89.6. The average Bonchev–Trinajstić information content (AvgIpc) is 2.65. The Kier molecular flexibility index (Phi) is 7.17. The van der Waals surface area contributed by atoms with E-state index in [-0.39, 0.29) is 16.7 Å². The van der Waals surface area contributed by atoms with Gasteiger partial charge in [0.2, 0.25) is 0 Å². The topological polar surface area (TPSA) is 34.1 Å². The highest BCUT2D eigenvalue weighted by molar-refractivity contribution is 8.14. The van der Waals surface area contributed by atoms with Crippen LogP contribution in [0.15, 0.2) is 46.4 Å². The van der Waals surface area contributed by atoms with Crippen LogP contribution < -0.4 is 9.47 Å². The molecule has 0 aliphatic carbocycles. The van der Waals surface area contributed by atoms with Gasteiger partial charge >= 0.3 is 12.4 Å². The number of hydrazone groups is 1. The number of ether oxygens (including phenoxy) is 2. The molecule has 2 aromatic rings. The molecule has 0 bridgehead atoms. The van der Waals surface area contributed by atoms with Gasteiger partial charge in [0.1, 0.15) is 5.04 Å². The van der Waals surface area contributed by atoms with Crippen LogP contribution in [-0.2, 0) is 12.4 Å². The van der Waals surface area contributed by atoms with Crippen LogP contribution in [0.3, 0.4) is 0 Å². The first-order valence-corrected chi connectivity index (χ1v) is 9.12. The van der Waals surface area contributed by atoms with Gasteiger partial charge in [-0.25, -0.2) is 0 Å². The van der Waals surface area contributed by atoms with Gasteiger partial charge in [-0.15, -0.1) is 0 Å². The van der Waals surface area contributed by atoms with Gasteiger partial charge in [0.25, 0.3) is 0 Å². The average molecular weight is 452 g/mol. The monoisotopic (exact) mass is 452 g/mol. The van der Waals surface area contributed by atoms with E-state index in [0.717, 1.165) is 11.8 Å². The molecule has 0 aromatic heterocycles. The first-order valence-electron chi connectivity index (χ1n) is 8.31. The highest BCUT2D eigenvalue weighted by Gasteiger charge is 2.37. The van der Waals surface area contributed by atoms with E-state index in [1.807, 2.05) is 0 Å². The number of hydrogen-bond donors (Lipinski definition) is 0. The fraction of sp³-hybridized carbons (Fsp3) is 0.316. The standard InChI is InChI=1S/C19H18F6N2O2S/c1-27(2)26-17(30-14-5-6-15(28-3)16(10-14)29-4)11-7-12(18(20,21)22)9-13(8-11)19(23,24)25/h5-10H,1-4H3/b26-17-.